The smallest absolute Gasteiger partial charge is 0.164 e. The Morgan fingerprint density at radius 1 is 1.24 bits per heavy atom. The van der Waals surface area contributed by atoms with Gasteiger partial charge in [0.25, 0.3) is 0 Å². The summed E-state index contributed by atoms with van der Waals surface area (Å²) in [6.45, 7) is 3.52. The molecule has 0 saturated carbocycles. The summed E-state index contributed by atoms with van der Waals surface area (Å²) in [7, 11) is 0. The highest BCUT2D eigenvalue weighted by Crippen LogP contribution is 2.20. The number of Topliss-reactive ketones (excluding diaryl/α,β-unsaturated/α-hetero) is 1. The molecule has 0 bridgehead atoms. The van der Waals surface area contributed by atoms with Crippen LogP contribution in [0.1, 0.15) is 26.7 Å². The summed E-state index contributed by atoms with van der Waals surface area (Å²) in [5, 5.41) is 8.94. The first-order valence-electron chi connectivity index (χ1n) is 6.08. The SMILES string of the molecule is CC[C@H](C(=O)CO)[C@@H](CC)Oc1ccccc1. The molecule has 0 unspecified atom stereocenters. The molecule has 17 heavy (non-hydrogen) atoms. The molecule has 1 rings (SSSR count). The van der Waals surface area contributed by atoms with Crippen LogP contribution in [0.3, 0.4) is 0 Å². The molecule has 3 heteroatoms. The fourth-order valence-corrected chi connectivity index (χ4v) is 1.94. The van der Waals surface area contributed by atoms with E-state index in [0.29, 0.717) is 6.42 Å². The van der Waals surface area contributed by atoms with Crippen molar-refractivity contribution in [2.24, 2.45) is 5.92 Å². The molecule has 1 aromatic rings. The Balaban J connectivity index is 2.73. The lowest BCUT2D eigenvalue weighted by Crippen LogP contribution is -2.33. The maximum Gasteiger partial charge on any atom is 0.164 e. The minimum atomic E-state index is -0.410. The van der Waals surface area contributed by atoms with E-state index in [2.05, 4.69) is 0 Å². The van der Waals surface area contributed by atoms with E-state index < -0.39 is 6.61 Å². The zero-order valence-electron chi connectivity index (χ0n) is 10.4. The van der Waals surface area contributed by atoms with Crippen LogP contribution in [0.4, 0.5) is 0 Å². The maximum atomic E-state index is 11.6. The van der Waals surface area contributed by atoms with Gasteiger partial charge in [-0.1, -0.05) is 32.0 Å². The number of para-hydroxylation sites is 1. The number of hydrogen-bond donors (Lipinski definition) is 1. The van der Waals surface area contributed by atoms with Gasteiger partial charge in [-0.3, -0.25) is 4.79 Å². The van der Waals surface area contributed by atoms with Gasteiger partial charge in [0, 0.05) is 0 Å². The number of ether oxygens (including phenoxy) is 1. The van der Waals surface area contributed by atoms with Gasteiger partial charge < -0.3 is 9.84 Å². The Kier molecular flexibility index (Phi) is 5.70. The van der Waals surface area contributed by atoms with Crippen LogP contribution in [0, 0.1) is 5.92 Å². The monoisotopic (exact) mass is 236 g/mol. The van der Waals surface area contributed by atoms with E-state index in [-0.39, 0.29) is 17.8 Å². The lowest BCUT2D eigenvalue weighted by molar-refractivity contribution is -0.128. The van der Waals surface area contributed by atoms with Gasteiger partial charge in [-0.15, -0.1) is 0 Å². The van der Waals surface area contributed by atoms with Gasteiger partial charge >= 0.3 is 0 Å². The Hall–Kier alpha value is -1.35. The molecule has 0 fully saturated rings. The predicted molar refractivity (Wildman–Crippen MR) is 67.0 cm³/mol. The summed E-state index contributed by atoms with van der Waals surface area (Å²) in [6.07, 6.45) is 1.27. The van der Waals surface area contributed by atoms with Crippen molar-refractivity contribution >= 4 is 5.78 Å². The lowest BCUT2D eigenvalue weighted by Gasteiger charge is -2.24. The van der Waals surface area contributed by atoms with E-state index in [0.717, 1.165) is 12.2 Å². The van der Waals surface area contributed by atoms with Crippen molar-refractivity contribution < 1.29 is 14.6 Å². The van der Waals surface area contributed by atoms with Crippen LogP contribution in [0.25, 0.3) is 0 Å². The Labute approximate surface area is 102 Å². The van der Waals surface area contributed by atoms with Gasteiger partial charge in [-0.25, -0.2) is 0 Å². The quantitative estimate of drug-likeness (QED) is 0.791. The summed E-state index contributed by atoms with van der Waals surface area (Å²) in [4.78, 5) is 11.6. The van der Waals surface area contributed by atoms with Crippen LogP contribution >= 0.6 is 0 Å². The minimum Gasteiger partial charge on any atom is -0.490 e. The molecule has 1 N–H and O–H groups in total. The van der Waals surface area contributed by atoms with Crippen molar-refractivity contribution in [2.75, 3.05) is 6.61 Å². The van der Waals surface area contributed by atoms with E-state index in [9.17, 15) is 4.79 Å². The molecule has 0 spiro atoms. The van der Waals surface area contributed by atoms with E-state index in [4.69, 9.17) is 9.84 Å². The highest BCUT2D eigenvalue weighted by molar-refractivity contribution is 5.82. The second-order valence-corrected chi connectivity index (χ2v) is 4.02. The number of benzene rings is 1. The van der Waals surface area contributed by atoms with Crippen molar-refractivity contribution in [2.45, 2.75) is 32.8 Å². The van der Waals surface area contributed by atoms with Gasteiger partial charge in [0.1, 0.15) is 18.5 Å². The number of hydrogen-bond acceptors (Lipinski definition) is 3. The summed E-state index contributed by atoms with van der Waals surface area (Å²) in [5.41, 5.74) is 0. The van der Waals surface area contributed by atoms with E-state index >= 15 is 0 Å². The van der Waals surface area contributed by atoms with Crippen molar-refractivity contribution in [3.05, 3.63) is 30.3 Å². The molecule has 0 heterocycles. The second kappa shape index (κ2) is 7.07. The summed E-state index contributed by atoms with van der Waals surface area (Å²) >= 11 is 0. The van der Waals surface area contributed by atoms with Gasteiger partial charge in [0.15, 0.2) is 5.78 Å². The number of carbonyl (C=O) groups is 1. The number of rotatable bonds is 7. The number of aliphatic hydroxyl groups is 1. The van der Waals surface area contributed by atoms with Crippen molar-refractivity contribution in [1.29, 1.82) is 0 Å². The zero-order chi connectivity index (χ0) is 12.7. The van der Waals surface area contributed by atoms with E-state index in [1.165, 1.54) is 0 Å². The summed E-state index contributed by atoms with van der Waals surface area (Å²) in [6, 6.07) is 9.47. The molecule has 0 saturated heterocycles. The maximum absolute atomic E-state index is 11.6. The topological polar surface area (TPSA) is 46.5 Å². The molecule has 2 atom stereocenters. The van der Waals surface area contributed by atoms with Crippen molar-refractivity contribution in [1.82, 2.24) is 0 Å². The Morgan fingerprint density at radius 2 is 1.88 bits per heavy atom. The third kappa shape index (κ3) is 3.86. The average Bonchev–Trinajstić information content (AvgIpc) is 2.39. The van der Waals surface area contributed by atoms with E-state index in [1.54, 1.807) is 0 Å². The van der Waals surface area contributed by atoms with Crippen LogP contribution in [0.2, 0.25) is 0 Å². The average molecular weight is 236 g/mol. The standard InChI is InChI=1S/C14H20O3/c1-3-12(13(16)10-15)14(4-2)17-11-8-6-5-7-9-11/h5-9,12,14-15H,3-4,10H2,1-2H3/t12-,14-/m1/s1. The molecule has 0 amide bonds. The molecule has 1 aromatic carbocycles. The van der Waals surface area contributed by atoms with Crippen LogP contribution < -0.4 is 4.74 Å². The normalized spacial score (nSPS) is 14.1. The highest BCUT2D eigenvalue weighted by Gasteiger charge is 2.26. The zero-order valence-corrected chi connectivity index (χ0v) is 10.4. The first-order chi connectivity index (χ1) is 8.22. The van der Waals surface area contributed by atoms with Gasteiger partial charge in [-0.2, -0.15) is 0 Å². The third-order valence-corrected chi connectivity index (χ3v) is 2.89. The van der Waals surface area contributed by atoms with Crippen molar-refractivity contribution in [3.8, 4) is 5.75 Å². The molecule has 94 valence electrons. The molecule has 0 aromatic heterocycles. The van der Waals surface area contributed by atoms with Crippen LogP contribution in [-0.2, 0) is 4.79 Å². The highest BCUT2D eigenvalue weighted by atomic mass is 16.5. The predicted octanol–water partition coefficient (Wildman–Crippen LogP) is 2.43. The Morgan fingerprint density at radius 3 is 2.35 bits per heavy atom. The number of carbonyl (C=O) groups excluding carboxylic acids is 1. The molecule has 3 nitrogen and oxygen atoms in total. The second-order valence-electron chi connectivity index (χ2n) is 4.02. The molecule has 0 radical (unpaired) electrons. The van der Waals surface area contributed by atoms with Crippen LogP contribution in [0.15, 0.2) is 30.3 Å². The number of ketones is 1. The fraction of sp³-hybridized carbons (Fsp3) is 0.500. The van der Waals surface area contributed by atoms with Crippen LogP contribution in [0.5, 0.6) is 5.75 Å². The van der Waals surface area contributed by atoms with Gasteiger partial charge in [-0.05, 0) is 25.0 Å². The van der Waals surface area contributed by atoms with E-state index in [1.807, 2.05) is 44.2 Å². The van der Waals surface area contributed by atoms with Crippen molar-refractivity contribution in [3.63, 3.8) is 0 Å². The first-order valence-corrected chi connectivity index (χ1v) is 6.08. The molecular formula is C14H20O3. The molecule has 0 aliphatic heterocycles. The molecular weight excluding hydrogens is 216 g/mol. The number of aliphatic hydroxyl groups excluding tert-OH is 1. The first kappa shape index (κ1) is 13.7. The van der Waals surface area contributed by atoms with Gasteiger partial charge in [0.2, 0.25) is 0 Å². The minimum absolute atomic E-state index is 0.143. The molecule has 0 aliphatic carbocycles. The third-order valence-electron chi connectivity index (χ3n) is 2.89. The van der Waals surface area contributed by atoms with Crippen LogP contribution in [-0.4, -0.2) is 23.6 Å². The Bertz CT molecular complexity index is 335. The molecule has 0 aliphatic rings. The largest absolute Gasteiger partial charge is 0.490 e. The summed E-state index contributed by atoms with van der Waals surface area (Å²) < 4.78 is 5.81. The van der Waals surface area contributed by atoms with Gasteiger partial charge in [0.05, 0.1) is 5.92 Å². The fourth-order valence-electron chi connectivity index (χ4n) is 1.94. The lowest BCUT2D eigenvalue weighted by atomic mass is 9.93. The summed E-state index contributed by atoms with van der Waals surface area (Å²) in [5.74, 6) is 0.393.